The highest BCUT2D eigenvalue weighted by Crippen LogP contribution is 2.45. The first-order chi connectivity index (χ1) is 15.6. The maximum absolute atomic E-state index is 6.41. The van der Waals surface area contributed by atoms with Crippen molar-refractivity contribution >= 4 is 11.6 Å². The van der Waals surface area contributed by atoms with Gasteiger partial charge in [-0.1, -0.05) is 55.4 Å². The van der Waals surface area contributed by atoms with Crippen LogP contribution < -0.4 is 10.6 Å². The Hall–Kier alpha value is 0.01000. The van der Waals surface area contributed by atoms with Gasteiger partial charge in [0.15, 0.2) is 0 Å². The number of nitrogens with zero attached hydrogens (tertiary/aromatic N) is 1. The van der Waals surface area contributed by atoms with Crippen LogP contribution in [0.3, 0.4) is 0 Å². The highest BCUT2D eigenvalue weighted by molar-refractivity contribution is 6.20. The lowest BCUT2D eigenvalue weighted by Crippen LogP contribution is -2.53. The first-order valence-electron chi connectivity index (χ1n) is 14.5. The molecule has 0 aromatic heterocycles. The molecule has 38 heavy (non-hydrogen) atoms. The minimum atomic E-state index is 0. The van der Waals surface area contributed by atoms with Gasteiger partial charge in [0.1, 0.15) is 0 Å². The fraction of sp³-hybridized carbons (Fsp3) is 1.00. The Labute approximate surface area is 240 Å². The zero-order valence-electron chi connectivity index (χ0n) is 24.8. The topological polar surface area (TPSA) is 153 Å². The Bertz CT molecular complexity index is 574. The van der Waals surface area contributed by atoms with Gasteiger partial charge in [0, 0.05) is 30.6 Å². The summed E-state index contributed by atoms with van der Waals surface area (Å²) in [5.41, 5.74) is 0.420. The van der Waals surface area contributed by atoms with Crippen molar-refractivity contribution in [3.05, 3.63) is 0 Å². The second-order valence-electron chi connectivity index (χ2n) is 13.4. The van der Waals surface area contributed by atoms with Gasteiger partial charge < -0.3 is 37.4 Å². The van der Waals surface area contributed by atoms with E-state index in [9.17, 15) is 0 Å². The molecule has 1 heterocycles. The Kier molecular flexibility index (Phi) is 22.3. The predicted molar refractivity (Wildman–Crippen MR) is 166 cm³/mol. The average Bonchev–Trinajstić information content (AvgIpc) is 2.75. The van der Waals surface area contributed by atoms with Gasteiger partial charge in [0.05, 0.1) is 0 Å². The number of rotatable bonds is 10. The Morgan fingerprint density at radius 1 is 0.816 bits per heavy atom. The van der Waals surface area contributed by atoms with Crippen molar-refractivity contribution in [1.82, 2.24) is 15.5 Å². The Balaban J connectivity index is -0.00000245. The van der Waals surface area contributed by atoms with Crippen molar-refractivity contribution in [3.63, 3.8) is 0 Å². The molecule has 3 rings (SSSR count). The summed E-state index contributed by atoms with van der Waals surface area (Å²) in [4.78, 5) is 2.79. The largest absolute Gasteiger partial charge is 0.412 e. The molecular weight excluding hydrogens is 502 g/mol. The third kappa shape index (κ3) is 13.1. The van der Waals surface area contributed by atoms with Crippen molar-refractivity contribution in [1.29, 1.82) is 0 Å². The third-order valence-corrected chi connectivity index (χ3v) is 9.73. The summed E-state index contributed by atoms with van der Waals surface area (Å²) in [6, 6.07) is 1.22. The standard InChI is InChI=1S/C29H56ClN3.CH4.4H2O/c1-21(2)28(32-18-24-9-7-8-23(16-24)17-31-22(3)4)19-33-15-14-27(29(5,6)20-33)25-10-12-26(30)13-11-25;;;;;/h21-28,31-32H,7-20H2,1-6H3;1H4;4*1H2/t23?,24?,25?,26?,27?,28-;;;;;/m0...../s1. The fourth-order valence-electron chi connectivity index (χ4n) is 7.28. The van der Waals surface area contributed by atoms with E-state index in [1.54, 1.807) is 0 Å². The molecule has 10 N–H and O–H groups in total. The van der Waals surface area contributed by atoms with Gasteiger partial charge in [0.25, 0.3) is 0 Å². The molecule has 8 heteroatoms. The molecule has 3 fully saturated rings. The van der Waals surface area contributed by atoms with Gasteiger partial charge in [-0.3, -0.25) is 0 Å². The summed E-state index contributed by atoms with van der Waals surface area (Å²) in [7, 11) is 0. The van der Waals surface area contributed by atoms with E-state index in [-0.39, 0.29) is 29.3 Å². The van der Waals surface area contributed by atoms with Crippen molar-refractivity contribution in [2.45, 2.75) is 124 Å². The Morgan fingerprint density at radius 3 is 1.87 bits per heavy atom. The van der Waals surface area contributed by atoms with Crippen LogP contribution in [0.1, 0.15) is 107 Å². The van der Waals surface area contributed by atoms with E-state index in [0.29, 0.717) is 28.8 Å². The van der Waals surface area contributed by atoms with E-state index in [0.717, 1.165) is 23.7 Å². The van der Waals surface area contributed by atoms with E-state index in [1.807, 2.05) is 0 Å². The van der Waals surface area contributed by atoms with Crippen LogP contribution in [-0.2, 0) is 0 Å². The summed E-state index contributed by atoms with van der Waals surface area (Å²) in [6.07, 6.45) is 12.2. The van der Waals surface area contributed by atoms with Gasteiger partial charge in [-0.25, -0.2) is 0 Å². The molecule has 3 unspecified atom stereocenters. The van der Waals surface area contributed by atoms with Crippen LogP contribution in [0.5, 0.6) is 0 Å². The zero-order chi connectivity index (χ0) is 24.0. The highest BCUT2D eigenvalue weighted by Gasteiger charge is 2.41. The molecule has 4 atom stereocenters. The zero-order valence-corrected chi connectivity index (χ0v) is 25.6. The molecule has 2 saturated carbocycles. The highest BCUT2D eigenvalue weighted by atomic mass is 35.5. The molecular formula is C30H68ClN3O4. The summed E-state index contributed by atoms with van der Waals surface area (Å²) >= 11 is 6.41. The van der Waals surface area contributed by atoms with Crippen molar-refractivity contribution in [2.75, 3.05) is 32.7 Å². The number of likely N-dealkylation sites (tertiary alicyclic amines) is 1. The van der Waals surface area contributed by atoms with E-state index < -0.39 is 0 Å². The van der Waals surface area contributed by atoms with E-state index in [1.165, 1.54) is 90.5 Å². The molecule has 3 aliphatic rings. The smallest absolute Gasteiger partial charge is 0.0336 e. The molecule has 2 aliphatic carbocycles. The monoisotopic (exact) mass is 569 g/mol. The number of hydrogen-bond donors (Lipinski definition) is 2. The normalized spacial score (nSPS) is 30.1. The summed E-state index contributed by atoms with van der Waals surface area (Å²) in [6.45, 7) is 20.6. The summed E-state index contributed by atoms with van der Waals surface area (Å²) < 4.78 is 0. The predicted octanol–water partition coefficient (Wildman–Crippen LogP) is 3.89. The van der Waals surface area contributed by atoms with Crippen LogP contribution in [-0.4, -0.2) is 77.0 Å². The first-order valence-corrected chi connectivity index (χ1v) is 14.9. The van der Waals surface area contributed by atoms with Gasteiger partial charge in [-0.2, -0.15) is 0 Å². The molecule has 1 aliphatic heterocycles. The van der Waals surface area contributed by atoms with Gasteiger partial charge in [-0.15, -0.1) is 11.6 Å². The van der Waals surface area contributed by atoms with Gasteiger partial charge in [0.2, 0.25) is 0 Å². The minimum Gasteiger partial charge on any atom is -0.412 e. The van der Waals surface area contributed by atoms with Crippen molar-refractivity contribution < 1.29 is 21.9 Å². The van der Waals surface area contributed by atoms with Crippen molar-refractivity contribution in [3.8, 4) is 0 Å². The molecule has 234 valence electrons. The summed E-state index contributed by atoms with van der Waals surface area (Å²) in [5.74, 6) is 4.20. The van der Waals surface area contributed by atoms with Crippen LogP contribution in [0, 0.1) is 35.0 Å². The molecule has 0 spiro atoms. The molecule has 0 bridgehead atoms. The van der Waals surface area contributed by atoms with E-state index in [4.69, 9.17) is 11.6 Å². The fourth-order valence-corrected chi connectivity index (χ4v) is 7.53. The quantitative estimate of drug-likeness (QED) is 0.383. The van der Waals surface area contributed by atoms with E-state index in [2.05, 4.69) is 57.1 Å². The second-order valence-corrected chi connectivity index (χ2v) is 14.0. The number of halogens is 1. The van der Waals surface area contributed by atoms with Crippen molar-refractivity contribution in [2.24, 2.45) is 35.0 Å². The van der Waals surface area contributed by atoms with Crippen LogP contribution >= 0.6 is 11.6 Å². The van der Waals surface area contributed by atoms with Crippen LogP contribution in [0.25, 0.3) is 0 Å². The number of piperidine rings is 1. The van der Waals surface area contributed by atoms with Crippen LogP contribution in [0.2, 0.25) is 0 Å². The Morgan fingerprint density at radius 2 is 1.37 bits per heavy atom. The first kappa shape index (κ1) is 42.5. The lowest BCUT2D eigenvalue weighted by molar-refractivity contribution is 0.00453. The lowest BCUT2D eigenvalue weighted by atomic mass is 9.64. The van der Waals surface area contributed by atoms with Gasteiger partial charge in [-0.05, 0) is 106 Å². The molecule has 0 amide bonds. The molecule has 1 saturated heterocycles. The van der Waals surface area contributed by atoms with Crippen LogP contribution in [0.4, 0.5) is 0 Å². The summed E-state index contributed by atoms with van der Waals surface area (Å²) in [5, 5.41) is 8.17. The third-order valence-electron chi connectivity index (χ3n) is 9.30. The van der Waals surface area contributed by atoms with Gasteiger partial charge >= 0.3 is 0 Å². The van der Waals surface area contributed by atoms with Crippen LogP contribution in [0.15, 0.2) is 0 Å². The molecule has 0 aromatic carbocycles. The number of nitrogens with one attached hydrogen (secondary N) is 2. The molecule has 0 aromatic rings. The van der Waals surface area contributed by atoms with E-state index >= 15 is 0 Å². The SMILES string of the molecule is C.CC(C)NCC1CCCC(CN[C@@H](CN2CCC(C3CCC(Cl)CC3)C(C)(C)C2)C(C)C)C1.O.O.O.O. The lowest BCUT2D eigenvalue weighted by Gasteiger charge is -2.49. The molecule has 7 nitrogen and oxygen atoms in total. The minimum absolute atomic E-state index is 0. The maximum Gasteiger partial charge on any atom is 0.0336 e. The average molecular weight is 570 g/mol. The number of hydrogen-bond acceptors (Lipinski definition) is 3. The second kappa shape index (κ2) is 20.0. The number of alkyl halides is 1. The maximum atomic E-state index is 6.41. The molecule has 0 radical (unpaired) electrons.